The molecule has 108 valence electrons. The number of ether oxygens (including phenoxy) is 1. The van der Waals surface area contributed by atoms with Gasteiger partial charge in [0.15, 0.2) is 0 Å². The lowest BCUT2D eigenvalue weighted by atomic mass is 10.2. The topological polar surface area (TPSA) is 94.3 Å². The molecule has 6 nitrogen and oxygen atoms in total. The number of benzene rings is 1. The monoisotopic (exact) mass is 305 g/mol. The van der Waals surface area contributed by atoms with Crippen molar-refractivity contribution in [2.45, 2.75) is 0 Å². The number of hydrogen-bond acceptors (Lipinski definition) is 5. The fraction of sp³-hybridized carbons (Fsp3) is 0.0714. The summed E-state index contributed by atoms with van der Waals surface area (Å²) in [5, 5.41) is 2.95. The smallest absolute Gasteiger partial charge is 0.356 e. The van der Waals surface area contributed by atoms with E-state index in [1.54, 1.807) is 18.2 Å². The highest BCUT2D eigenvalue weighted by Gasteiger charge is 2.13. The van der Waals surface area contributed by atoms with Gasteiger partial charge in [0.2, 0.25) is 0 Å². The number of nitrogens with two attached hydrogens (primary N) is 1. The van der Waals surface area contributed by atoms with Gasteiger partial charge >= 0.3 is 5.97 Å². The van der Waals surface area contributed by atoms with Gasteiger partial charge in [0, 0.05) is 5.69 Å². The number of methoxy groups -OCH3 is 1. The number of aromatic nitrogens is 1. The number of esters is 1. The first-order valence-electron chi connectivity index (χ1n) is 5.93. The van der Waals surface area contributed by atoms with E-state index in [0.717, 1.165) is 0 Å². The van der Waals surface area contributed by atoms with Crippen LogP contribution in [-0.2, 0) is 4.74 Å². The van der Waals surface area contributed by atoms with Crippen molar-refractivity contribution < 1.29 is 14.3 Å². The fourth-order valence-corrected chi connectivity index (χ4v) is 1.76. The molecule has 1 heterocycles. The molecule has 0 aliphatic carbocycles. The highest BCUT2D eigenvalue weighted by Crippen LogP contribution is 2.22. The van der Waals surface area contributed by atoms with E-state index in [0.29, 0.717) is 16.4 Å². The first kappa shape index (κ1) is 14.8. The summed E-state index contributed by atoms with van der Waals surface area (Å²) < 4.78 is 4.55. The Balaban J connectivity index is 2.20. The van der Waals surface area contributed by atoms with Gasteiger partial charge < -0.3 is 15.8 Å². The first-order chi connectivity index (χ1) is 10.0. The summed E-state index contributed by atoms with van der Waals surface area (Å²) in [5.74, 6) is -1.08. The zero-order chi connectivity index (χ0) is 15.4. The molecule has 1 aromatic carbocycles. The Kier molecular flexibility index (Phi) is 4.39. The van der Waals surface area contributed by atoms with Crippen LogP contribution in [0.25, 0.3) is 0 Å². The minimum atomic E-state index is -0.611. The van der Waals surface area contributed by atoms with Gasteiger partial charge in [0.05, 0.1) is 17.8 Å². The summed E-state index contributed by atoms with van der Waals surface area (Å²) in [5.41, 5.74) is 6.63. The van der Waals surface area contributed by atoms with Crippen molar-refractivity contribution in [3.05, 3.63) is 52.8 Å². The predicted octanol–water partition coefficient (Wildman–Crippen LogP) is 2.36. The third kappa shape index (κ3) is 3.49. The van der Waals surface area contributed by atoms with Crippen LogP contribution in [0.2, 0.25) is 5.02 Å². The summed E-state index contributed by atoms with van der Waals surface area (Å²) in [6.07, 6.45) is 0. The van der Waals surface area contributed by atoms with Crippen LogP contribution in [0.1, 0.15) is 21.0 Å². The number of carbonyl (C=O) groups is 2. The molecule has 0 spiro atoms. The molecule has 0 fully saturated rings. The molecule has 0 bridgehead atoms. The standard InChI is InChI=1S/C14H12ClN3O3/c1-21-14(20)12-4-2-3-11(18-12)13(19)17-8-5-6-10(16)9(15)7-8/h2-7H,16H2,1H3,(H,17,19). The number of halogens is 1. The van der Waals surface area contributed by atoms with Crippen LogP contribution in [0.4, 0.5) is 11.4 Å². The van der Waals surface area contributed by atoms with E-state index in [4.69, 9.17) is 17.3 Å². The van der Waals surface area contributed by atoms with E-state index in [9.17, 15) is 9.59 Å². The zero-order valence-electron chi connectivity index (χ0n) is 11.1. The second-order valence-electron chi connectivity index (χ2n) is 4.09. The zero-order valence-corrected chi connectivity index (χ0v) is 11.8. The van der Waals surface area contributed by atoms with Gasteiger partial charge in [-0.15, -0.1) is 0 Å². The lowest BCUT2D eigenvalue weighted by Gasteiger charge is -2.07. The number of hydrogen-bond donors (Lipinski definition) is 2. The molecule has 0 aliphatic rings. The highest BCUT2D eigenvalue weighted by atomic mass is 35.5. The van der Waals surface area contributed by atoms with E-state index in [1.807, 2.05) is 0 Å². The molecule has 0 saturated heterocycles. The number of rotatable bonds is 3. The molecule has 0 atom stereocenters. The van der Waals surface area contributed by atoms with Crippen molar-refractivity contribution in [1.29, 1.82) is 0 Å². The summed E-state index contributed by atoms with van der Waals surface area (Å²) in [6.45, 7) is 0. The van der Waals surface area contributed by atoms with Crippen LogP contribution in [0.5, 0.6) is 0 Å². The third-order valence-corrected chi connectivity index (χ3v) is 2.96. The SMILES string of the molecule is COC(=O)c1cccc(C(=O)Nc2ccc(N)c(Cl)c2)n1. The number of nitrogens with zero attached hydrogens (tertiary/aromatic N) is 1. The van der Waals surface area contributed by atoms with Crippen molar-refractivity contribution in [3.8, 4) is 0 Å². The predicted molar refractivity (Wildman–Crippen MR) is 79.4 cm³/mol. The molecule has 1 amide bonds. The van der Waals surface area contributed by atoms with Crippen LogP contribution in [0, 0.1) is 0 Å². The lowest BCUT2D eigenvalue weighted by Crippen LogP contribution is -2.16. The second kappa shape index (κ2) is 6.23. The lowest BCUT2D eigenvalue weighted by molar-refractivity contribution is 0.0594. The van der Waals surface area contributed by atoms with Crippen molar-refractivity contribution in [3.63, 3.8) is 0 Å². The van der Waals surface area contributed by atoms with Gasteiger partial charge in [0.25, 0.3) is 5.91 Å². The molecule has 2 rings (SSSR count). The van der Waals surface area contributed by atoms with Crippen LogP contribution >= 0.6 is 11.6 Å². The number of nitrogen functional groups attached to an aromatic ring is 1. The Hall–Kier alpha value is -2.60. The average molecular weight is 306 g/mol. The highest BCUT2D eigenvalue weighted by molar-refractivity contribution is 6.33. The molecule has 0 radical (unpaired) electrons. The number of anilines is 2. The molecule has 0 unspecified atom stereocenters. The molecule has 2 aromatic rings. The Morgan fingerprint density at radius 3 is 2.62 bits per heavy atom. The molecule has 3 N–H and O–H groups in total. The maximum atomic E-state index is 12.1. The average Bonchev–Trinajstić information content (AvgIpc) is 2.50. The number of amides is 1. The molecule has 21 heavy (non-hydrogen) atoms. The Morgan fingerprint density at radius 2 is 1.95 bits per heavy atom. The summed E-state index contributed by atoms with van der Waals surface area (Å²) in [4.78, 5) is 27.4. The van der Waals surface area contributed by atoms with Crippen molar-refractivity contribution >= 4 is 34.9 Å². The van der Waals surface area contributed by atoms with Crippen molar-refractivity contribution in [2.24, 2.45) is 0 Å². The summed E-state index contributed by atoms with van der Waals surface area (Å²) in [7, 11) is 1.24. The Morgan fingerprint density at radius 1 is 1.24 bits per heavy atom. The van der Waals surface area contributed by atoms with Gasteiger partial charge in [-0.25, -0.2) is 9.78 Å². The third-order valence-electron chi connectivity index (χ3n) is 2.63. The van der Waals surface area contributed by atoms with E-state index >= 15 is 0 Å². The van der Waals surface area contributed by atoms with E-state index in [-0.39, 0.29) is 11.4 Å². The van der Waals surface area contributed by atoms with Gasteiger partial charge in [-0.05, 0) is 30.3 Å². The van der Waals surface area contributed by atoms with Crippen LogP contribution in [0.3, 0.4) is 0 Å². The van der Waals surface area contributed by atoms with Crippen molar-refractivity contribution in [1.82, 2.24) is 4.98 Å². The van der Waals surface area contributed by atoms with Crippen LogP contribution in [-0.4, -0.2) is 24.0 Å². The molecule has 0 aliphatic heterocycles. The quantitative estimate of drug-likeness (QED) is 0.670. The van der Waals surface area contributed by atoms with Gasteiger partial charge in [0.1, 0.15) is 11.4 Å². The normalized spacial score (nSPS) is 10.0. The van der Waals surface area contributed by atoms with E-state index in [2.05, 4.69) is 15.0 Å². The largest absolute Gasteiger partial charge is 0.464 e. The van der Waals surface area contributed by atoms with Gasteiger partial charge in [-0.2, -0.15) is 0 Å². The fourth-order valence-electron chi connectivity index (χ4n) is 1.58. The summed E-state index contributed by atoms with van der Waals surface area (Å²) >= 11 is 5.88. The Bertz CT molecular complexity index is 704. The molecular formula is C14H12ClN3O3. The number of pyridine rings is 1. The van der Waals surface area contributed by atoms with Crippen LogP contribution in [0.15, 0.2) is 36.4 Å². The van der Waals surface area contributed by atoms with Gasteiger partial charge in [-0.1, -0.05) is 17.7 Å². The first-order valence-corrected chi connectivity index (χ1v) is 6.31. The van der Waals surface area contributed by atoms with E-state index in [1.165, 1.54) is 25.3 Å². The maximum absolute atomic E-state index is 12.1. The van der Waals surface area contributed by atoms with Gasteiger partial charge in [-0.3, -0.25) is 4.79 Å². The number of nitrogens with one attached hydrogen (secondary N) is 1. The minimum Gasteiger partial charge on any atom is -0.464 e. The molecule has 0 saturated carbocycles. The maximum Gasteiger partial charge on any atom is 0.356 e. The Labute approximate surface area is 125 Å². The molecule has 7 heteroatoms. The molecule has 1 aromatic heterocycles. The number of carbonyl (C=O) groups excluding carboxylic acids is 2. The minimum absolute atomic E-state index is 0.0560. The van der Waals surface area contributed by atoms with Crippen LogP contribution < -0.4 is 11.1 Å². The molecular weight excluding hydrogens is 294 g/mol. The van der Waals surface area contributed by atoms with E-state index < -0.39 is 11.9 Å². The second-order valence-corrected chi connectivity index (χ2v) is 4.50. The van der Waals surface area contributed by atoms with Crippen molar-refractivity contribution in [2.75, 3.05) is 18.2 Å². The summed E-state index contributed by atoms with van der Waals surface area (Å²) in [6, 6.07) is 9.21.